The molecule has 2 aliphatic rings. The van der Waals surface area contributed by atoms with Gasteiger partial charge in [-0.2, -0.15) is 0 Å². The Labute approximate surface area is 119 Å². The van der Waals surface area contributed by atoms with Crippen molar-refractivity contribution >= 4 is 17.8 Å². The number of hydrogen-bond acceptors (Lipinski definition) is 3. The zero-order chi connectivity index (χ0) is 15.1. The molecule has 0 spiro atoms. The van der Waals surface area contributed by atoms with Crippen molar-refractivity contribution in [2.24, 2.45) is 10.8 Å². The average molecular weight is 281 g/mol. The highest BCUT2D eigenvalue weighted by Gasteiger charge is 2.51. The highest BCUT2D eigenvalue weighted by atomic mass is 16.4. The lowest BCUT2D eigenvalue weighted by Crippen LogP contribution is -2.59. The van der Waals surface area contributed by atoms with Crippen molar-refractivity contribution in [3.8, 4) is 0 Å². The summed E-state index contributed by atoms with van der Waals surface area (Å²) in [6.07, 6.45) is 3.44. The van der Waals surface area contributed by atoms with E-state index >= 15 is 0 Å². The van der Waals surface area contributed by atoms with Gasteiger partial charge in [0.1, 0.15) is 0 Å². The Balaban J connectivity index is 2.31. The van der Waals surface area contributed by atoms with Crippen molar-refractivity contribution in [3.05, 3.63) is 0 Å². The zero-order valence-corrected chi connectivity index (χ0v) is 12.4. The fourth-order valence-corrected chi connectivity index (χ4v) is 3.52. The van der Waals surface area contributed by atoms with E-state index in [1.54, 1.807) is 6.92 Å². The number of nitrogens with zero attached hydrogens (tertiary/aromatic N) is 1. The Morgan fingerprint density at radius 2 is 1.70 bits per heavy atom. The van der Waals surface area contributed by atoms with Gasteiger partial charge in [0.05, 0.1) is 11.5 Å². The highest BCUT2D eigenvalue weighted by Crippen LogP contribution is 2.43. The number of likely N-dealkylation sites (tertiary alicyclic amines) is 1. The van der Waals surface area contributed by atoms with Gasteiger partial charge in [-0.05, 0) is 25.2 Å². The molecule has 2 rings (SSSR count). The van der Waals surface area contributed by atoms with Gasteiger partial charge in [-0.1, -0.05) is 26.7 Å². The van der Waals surface area contributed by atoms with E-state index in [9.17, 15) is 19.5 Å². The number of piperidine rings is 1. The third kappa shape index (κ3) is 2.45. The van der Waals surface area contributed by atoms with Gasteiger partial charge < -0.3 is 5.11 Å². The predicted molar refractivity (Wildman–Crippen MR) is 72.9 cm³/mol. The first-order valence-corrected chi connectivity index (χ1v) is 7.26. The number of carbonyl (C=O) groups is 3. The topological polar surface area (TPSA) is 74.7 Å². The maximum atomic E-state index is 12.3. The number of imide groups is 1. The largest absolute Gasteiger partial charge is 0.481 e. The van der Waals surface area contributed by atoms with Gasteiger partial charge in [0.25, 0.3) is 0 Å². The molecule has 2 atom stereocenters. The fourth-order valence-electron chi connectivity index (χ4n) is 3.52. The number of carboxylic acid groups (broad SMARTS) is 1. The van der Waals surface area contributed by atoms with E-state index in [-0.39, 0.29) is 17.2 Å². The van der Waals surface area contributed by atoms with E-state index in [2.05, 4.69) is 0 Å². The summed E-state index contributed by atoms with van der Waals surface area (Å²) in [5, 5.41) is 9.52. The van der Waals surface area contributed by atoms with Crippen LogP contribution in [-0.2, 0) is 14.4 Å². The lowest BCUT2D eigenvalue weighted by molar-refractivity contribution is -0.167. The van der Waals surface area contributed by atoms with E-state index in [1.807, 2.05) is 13.8 Å². The van der Waals surface area contributed by atoms with E-state index in [1.165, 1.54) is 4.90 Å². The van der Waals surface area contributed by atoms with Crippen LogP contribution in [0.5, 0.6) is 0 Å². The Morgan fingerprint density at radius 3 is 2.20 bits per heavy atom. The summed E-state index contributed by atoms with van der Waals surface area (Å²) in [7, 11) is 0. The van der Waals surface area contributed by atoms with Crippen LogP contribution in [0.4, 0.5) is 0 Å². The van der Waals surface area contributed by atoms with Crippen LogP contribution in [0.2, 0.25) is 0 Å². The molecular formula is C15H23NO4. The molecular weight excluding hydrogens is 258 g/mol. The molecule has 1 aliphatic heterocycles. The zero-order valence-electron chi connectivity index (χ0n) is 12.4. The average Bonchev–Trinajstić information content (AvgIpc) is 2.28. The predicted octanol–water partition coefficient (Wildman–Crippen LogP) is 2.20. The minimum absolute atomic E-state index is 0.217. The molecule has 1 aliphatic carbocycles. The molecule has 0 aromatic heterocycles. The Kier molecular flexibility index (Phi) is 3.65. The molecule has 1 heterocycles. The van der Waals surface area contributed by atoms with E-state index in [0.717, 1.165) is 12.8 Å². The first-order valence-electron chi connectivity index (χ1n) is 7.26. The van der Waals surface area contributed by atoms with Gasteiger partial charge in [0.2, 0.25) is 11.8 Å². The number of carbonyl (C=O) groups excluding carboxylic acids is 2. The van der Waals surface area contributed by atoms with Crippen molar-refractivity contribution in [1.82, 2.24) is 4.90 Å². The van der Waals surface area contributed by atoms with Gasteiger partial charge in [0, 0.05) is 12.8 Å². The van der Waals surface area contributed by atoms with Gasteiger partial charge in [0.15, 0.2) is 0 Å². The second kappa shape index (κ2) is 4.86. The maximum Gasteiger partial charge on any atom is 0.311 e. The molecule has 20 heavy (non-hydrogen) atoms. The minimum Gasteiger partial charge on any atom is -0.481 e. The molecule has 2 amide bonds. The fraction of sp³-hybridized carbons (Fsp3) is 0.800. The van der Waals surface area contributed by atoms with E-state index in [4.69, 9.17) is 0 Å². The summed E-state index contributed by atoms with van der Waals surface area (Å²) < 4.78 is 0. The molecule has 2 unspecified atom stereocenters. The van der Waals surface area contributed by atoms with Gasteiger partial charge in [-0.25, -0.2) is 0 Å². The van der Waals surface area contributed by atoms with Crippen LogP contribution >= 0.6 is 0 Å². The Bertz CT molecular complexity index is 437. The summed E-state index contributed by atoms with van der Waals surface area (Å²) in [6, 6.07) is -0.496. The highest BCUT2D eigenvalue weighted by molar-refractivity contribution is 5.99. The Hall–Kier alpha value is -1.39. The van der Waals surface area contributed by atoms with Crippen LogP contribution in [0, 0.1) is 10.8 Å². The van der Waals surface area contributed by atoms with Crippen molar-refractivity contribution in [2.75, 3.05) is 0 Å². The molecule has 0 radical (unpaired) electrons. The molecule has 0 bridgehead atoms. The summed E-state index contributed by atoms with van der Waals surface area (Å²) in [5.74, 6) is -1.34. The lowest BCUT2D eigenvalue weighted by atomic mass is 9.69. The van der Waals surface area contributed by atoms with Crippen LogP contribution < -0.4 is 0 Å². The van der Waals surface area contributed by atoms with Gasteiger partial charge >= 0.3 is 5.97 Å². The lowest BCUT2D eigenvalue weighted by Gasteiger charge is -2.46. The summed E-state index contributed by atoms with van der Waals surface area (Å²) in [5.41, 5.74) is -1.33. The maximum absolute atomic E-state index is 12.3. The molecule has 112 valence electrons. The number of aliphatic carboxylic acids is 1. The molecule has 1 saturated heterocycles. The first-order chi connectivity index (χ1) is 9.17. The second-order valence-electron chi connectivity index (χ2n) is 7.16. The van der Waals surface area contributed by atoms with Crippen molar-refractivity contribution < 1.29 is 19.5 Å². The minimum atomic E-state index is -1.01. The smallest absolute Gasteiger partial charge is 0.311 e. The third-order valence-electron chi connectivity index (χ3n) is 4.76. The summed E-state index contributed by atoms with van der Waals surface area (Å²) in [4.78, 5) is 37.6. The van der Waals surface area contributed by atoms with Crippen LogP contribution in [0.15, 0.2) is 0 Å². The van der Waals surface area contributed by atoms with Crippen molar-refractivity contribution in [2.45, 2.75) is 65.3 Å². The molecule has 1 N–H and O–H groups in total. The van der Waals surface area contributed by atoms with Crippen molar-refractivity contribution in [1.29, 1.82) is 0 Å². The molecule has 2 fully saturated rings. The number of carboxylic acids is 1. The monoisotopic (exact) mass is 281 g/mol. The number of amides is 2. The molecule has 5 nitrogen and oxygen atoms in total. The molecule has 0 aromatic rings. The normalized spacial score (nSPS) is 34.1. The SMILES string of the molecule is CC1(C)CC(=O)N(C2CCCCC2(C)C(=O)O)C(=O)C1. The van der Waals surface area contributed by atoms with Crippen LogP contribution in [-0.4, -0.2) is 33.8 Å². The van der Waals surface area contributed by atoms with Crippen LogP contribution in [0.1, 0.15) is 59.3 Å². The van der Waals surface area contributed by atoms with Crippen LogP contribution in [0.25, 0.3) is 0 Å². The van der Waals surface area contributed by atoms with E-state index in [0.29, 0.717) is 25.7 Å². The number of rotatable bonds is 2. The second-order valence-corrected chi connectivity index (χ2v) is 7.16. The summed E-state index contributed by atoms with van der Waals surface area (Å²) >= 11 is 0. The van der Waals surface area contributed by atoms with Crippen molar-refractivity contribution in [3.63, 3.8) is 0 Å². The van der Waals surface area contributed by atoms with E-state index < -0.39 is 17.4 Å². The third-order valence-corrected chi connectivity index (χ3v) is 4.76. The number of hydrogen-bond donors (Lipinski definition) is 1. The standard InChI is InChI=1S/C15H23NO4/c1-14(2)8-11(17)16(12(18)9-14)10-6-4-5-7-15(10,3)13(19)20/h10H,4-9H2,1-3H3,(H,19,20). The Morgan fingerprint density at radius 1 is 1.15 bits per heavy atom. The first kappa shape index (κ1) is 15.0. The molecule has 1 saturated carbocycles. The van der Waals surface area contributed by atoms with Gasteiger partial charge in [-0.3, -0.25) is 19.3 Å². The van der Waals surface area contributed by atoms with Gasteiger partial charge in [-0.15, -0.1) is 0 Å². The summed E-state index contributed by atoms with van der Waals surface area (Å²) in [6.45, 7) is 5.47. The molecule has 0 aromatic carbocycles. The quantitative estimate of drug-likeness (QED) is 0.787. The van der Waals surface area contributed by atoms with Crippen LogP contribution in [0.3, 0.4) is 0 Å². The molecule has 5 heteroatoms.